The number of pyridine rings is 1. The molecule has 25 heavy (non-hydrogen) atoms. The maximum Gasteiger partial charge on any atom is 0.317 e. The Bertz CT molecular complexity index is 659. The zero-order valence-electron chi connectivity index (χ0n) is 15.1. The highest BCUT2D eigenvalue weighted by Gasteiger charge is 2.15. The molecule has 2 heterocycles. The highest BCUT2D eigenvalue weighted by atomic mass is 16.5. The minimum Gasteiger partial charge on any atom is -0.487 e. The summed E-state index contributed by atoms with van der Waals surface area (Å²) in [5, 5.41) is 6.72. The number of nitrogens with zero attached hydrogens (tertiary/aromatic N) is 4. The van der Waals surface area contributed by atoms with Crippen molar-refractivity contribution in [1.29, 1.82) is 0 Å². The van der Waals surface area contributed by atoms with Gasteiger partial charge in [0.25, 0.3) is 0 Å². The molecule has 0 fully saturated rings. The smallest absolute Gasteiger partial charge is 0.317 e. The molecule has 0 spiro atoms. The van der Waals surface area contributed by atoms with E-state index >= 15 is 0 Å². The molecule has 1 atom stereocenters. The summed E-state index contributed by atoms with van der Waals surface area (Å²) in [5.74, 6) is 2.20. The van der Waals surface area contributed by atoms with E-state index in [-0.39, 0.29) is 18.7 Å². The van der Waals surface area contributed by atoms with Crippen LogP contribution in [0.3, 0.4) is 0 Å². The first kappa shape index (κ1) is 18.7. The fourth-order valence-corrected chi connectivity index (χ4v) is 2.13. The maximum absolute atomic E-state index is 12.1. The van der Waals surface area contributed by atoms with Crippen LogP contribution in [-0.4, -0.2) is 45.8 Å². The molecule has 1 unspecified atom stereocenters. The van der Waals surface area contributed by atoms with Crippen LogP contribution in [-0.2, 0) is 13.0 Å². The first-order chi connectivity index (χ1) is 11.9. The topological polar surface area (TPSA) is 93.4 Å². The van der Waals surface area contributed by atoms with Gasteiger partial charge in [0.1, 0.15) is 11.9 Å². The number of hydrogen-bond acceptors (Lipinski definition) is 6. The summed E-state index contributed by atoms with van der Waals surface area (Å²) >= 11 is 0. The number of carbonyl (C=O) groups is 1. The quantitative estimate of drug-likeness (QED) is 0.787. The SMILES string of the molecule is CC(C)Cc1nc(CN(C)C(=O)NCC(C)Oc2cccnc2)no1. The highest BCUT2D eigenvalue weighted by molar-refractivity contribution is 5.73. The van der Waals surface area contributed by atoms with Gasteiger partial charge in [0.05, 0.1) is 19.3 Å². The van der Waals surface area contributed by atoms with Crippen LogP contribution in [0.5, 0.6) is 5.75 Å². The van der Waals surface area contributed by atoms with Gasteiger partial charge in [-0.2, -0.15) is 4.98 Å². The fraction of sp³-hybridized carbons (Fsp3) is 0.529. The molecule has 0 saturated heterocycles. The second-order valence-electron chi connectivity index (χ2n) is 6.36. The molecule has 8 heteroatoms. The van der Waals surface area contributed by atoms with Gasteiger partial charge in [0.2, 0.25) is 5.89 Å². The van der Waals surface area contributed by atoms with Crippen molar-refractivity contribution < 1.29 is 14.1 Å². The average Bonchev–Trinajstić information content (AvgIpc) is 2.99. The summed E-state index contributed by atoms with van der Waals surface area (Å²) in [6.07, 6.45) is 3.87. The van der Waals surface area contributed by atoms with Gasteiger partial charge in [0.15, 0.2) is 5.82 Å². The third-order valence-corrected chi connectivity index (χ3v) is 3.33. The number of hydrogen-bond donors (Lipinski definition) is 1. The summed E-state index contributed by atoms with van der Waals surface area (Å²) < 4.78 is 10.8. The van der Waals surface area contributed by atoms with Gasteiger partial charge in [-0.05, 0) is 25.0 Å². The van der Waals surface area contributed by atoms with Gasteiger partial charge in [-0.1, -0.05) is 19.0 Å². The molecular formula is C17H25N5O3. The number of urea groups is 1. The molecule has 1 N–H and O–H groups in total. The molecule has 0 aliphatic heterocycles. The Hall–Kier alpha value is -2.64. The lowest BCUT2D eigenvalue weighted by molar-refractivity contribution is 0.187. The van der Waals surface area contributed by atoms with Crippen LogP contribution in [0.2, 0.25) is 0 Å². The average molecular weight is 347 g/mol. The first-order valence-corrected chi connectivity index (χ1v) is 8.31. The Morgan fingerprint density at radius 2 is 2.20 bits per heavy atom. The molecule has 2 rings (SSSR count). The Labute approximate surface area is 147 Å². The van der Waals surface area contributed by atoms with Crippen molar-refractivity contribution in [3.63, 3.8) is 0 Å². The van der Waals surface area contributed by atoms with Crippen LogP contribution in [0, 0.1) is 5.92 Å². The van der Waals surface area contributed by atoms with Crippen LogP contribution in [0.1, 0.15) is 32.5 Å². The van der Waals surface area contributed by atoms with E-state index in [9.17, 15) is 4.79 Å². The second-order valence-corrected chi connectivity index (χ2v) is 6.36. The van der Waals surface area contributed by atoms with E-state index in [1.807, 2.05) is 13.0 Å². The summed E-state index contributed by atoms with van der Waals surface area (Å²) in [6, 6.07) is 3.40. The van der Waals surface area contributed by atoms with Gasteiger partial charge in [-0.3, -0.25) is 4.98 Å². The number of rotatable bonds is 8. The molecule has 136 valence electrons. The maximum atomic E-state index is 12.1. The zero-order chi connectivity index (χ0) is 18.2. The van der Waals surface area contributed by atoms with E-state index in [0.29, 0.717) is 29.9 Å². The molecule has 8 nitrogen and oxygen atoms in total. The first-order valence-electron chi connectivity index (χ1n) is 8.31. The number of amides is 2. The molecule has 0 bridgehead atoms. The molecule has 0 aromatic carbocycles. The highest BCUT2D eigenvalue weighted by Crippen LogP contribution is 2.09. The number of carbonyl (C=O) groups excluding carboxylic acids is 1. The molecule has 2 aromatic rings. The third-order valence-electron chi connectivity index (χ3n) is 3.33. The van der Waals surface area contributed by atoms with Crippen molar-refractivity contribution in [3.05, 3.63) is 36.2 Å². The van der Waals surface area contributed by atoms with Gasteiger partial charge in [0, 0.05) is 19.7 Å². The van der Waals surface area contributed by atoms with Crippen molar-refractivity contribution >= 4 is 6.03 Å². The van der Waals surface area contributed by atoms with Gasteiger partial charge in [-0.25, -0.2) is 4.79 Å². The van der Waals surface area contributed by atoms with Gasteiger partial charge in [-0.15, -0.1) is 0 Å². The number of nitrogens with one attached hydrogen (secondary N) is 1. The fourth-order valence-electron chi connectivity index (χ4n) is 2.13. The van der Waals surface area contributed by atoms with Crippen LogP contribution in [0.25, 0.3) is 0 Å². The molecule has 2 aromatic heterocycles. The molecule has 0 radical (unpaired) electrons. The van der Waals surface area contributed by atoms with Crippen LogP contribution < -0.4 is 10.1 Å². The minimum absolute atomic E-state index is 0.177. The second kappa shape index (κ2) is 9.00. The van der Waals surface area contributed by atoms with E-state index in [2.05, 4.69) is 34.3 Å². The molecule has 0 saturated carbocycles. The van der Waals surface area contributed by atoms with Crippen LogP contribution in [0.4, 0.5) is 4.79 Å². The van der Waals surface area contributed by atoms with E-state index < -0.39 is 0 Å². The summed E-state index contributed by atoms with van der Waals surface area (Å²) in [4.78, 5) is 21.9. The van der Waals surface area contributed by atoms with E-state index in [1.54, 1.807) is 25.5 Å². The lowest BCUT2D eigenvalue weighted by atomic mass is 10.1. The number of ether oxygens (including phenoxy) is 1. The zero-order valence-corrected chi connectivity index (χ0v) is 15.1. The van der Waals surface area contributed by atoms with Crippen molar-refractivity contribution in [2.45, 2.75) is 39.8 Å². The largest absolute Gasteiger partial charge is 0.487 e. The lowest BCUT2D eigenvalue weighted by Crippen LogP contribution is -2.41. The van der Waals surface area contributed by atoms with Crippen molar-refractivity contribution in [1.82, 2.24) is 25.3 Å². The Balaban J connectivity index is 1.75. The normalized spacial score (nSPS) is 12.0. The Morgan fingerprint density at radius 3 is 2.88 bits per heavy atom. The van der Waals surface area contributed by atoms with E-state index in [4.69, 9.17) is 9.26 Å². The van der Waals surface area contributed by atoms with Gasteiger partial charge < -0.3 is 19.5 Å². The molecule has 0 aliphatic carbocycles. The number of aromatic nitrogens is 3. The predicted molar refractivity (Wildman–Crippen MR) is 92.0 cm³/mol. The Morgan fingerprint density at radius 1 is 1.40 bits per heavy atom. The van der Waals surface area contributed by atoms with Crippen LogP contribution in [0.15, 0.2) is 29.0 Å². The predicted octanol–water partition coefficient (Wildman–Crippen LogP) is 2.27. The molecular weight excluding hydrogens is 322 g/mol. The van der Waals surface area contributed by atoms with Crippen molar-refractivity contribution in [3.8, 4) is 5.75 Å². The van der Waals surface area contributed by atoms with E-state index in [0.717, 1.165) is 6.42 Å². The molecule has 0 aliphatic rings. The van der Waals surface area contributed by atoms with E-state index in [1.165, 1.54) is 4.90 Å². The van der Waals surface area contributed by atoms with Crippen molar-refractivity contribution in [2.75, 3.05) is 13.6 Å². The Kier molecular flexibility index (Phi) is 6.73. The summed E-state index contributed by atoms with van der Waals surface area (Å²) in [5.41, 5.74) is 0. The summed E-state index contributed by atoms with van der Waals surface area (Å²) in [7, 11) is 1.68. The monoisotopic (exact) mass is 347 g/mol. The molecule has 2 amide bonds. The minimum atomic E-state index is -0.225. The standard InChI is InChI=1S/C17H25N5O3/c1-12(2)8-16-20-15(21-25-16)11-22(4)17(23)19-9-13(3)24-14-6-5-7-18-10-14/h5-7,10,12-13H,8-9,11H2,1-4H3,(H,19,23). The summed E-state index contributed by atoms with van der Waals surface area (Å²) in [6.45, 7) is 6.70. The lowest BCUT2D eigenvalue weighted by Gasteiger charge is -2.19. The van der Waals surface area contributed by atoms with Crippen LogP contribution >= 0.6 is 0 Å². The van der Waals surface area contributed by atoms with Crippen molar-refractivity contribution in [2.24, 2.45) is 5.92 Å². The van der Waals surface area contributed by atoms with Gasteiger partial charge >= 0.3 is 6.03 Å². The third kappa shape index (κ3) is 6.40.